The lowest BCUT2D eigenvalue weighted by molar-refractivity contribution is 0.634. The fourth-order valence-electron chi connectivity index (χ4n) is 1.89. The molecule has 0 radical (unpaired) electrons. The molecule has 2 aromatic rings. The molecule has 0 saturated carbocycles. The molecular formula is C14H13Br2ClN2. The molecule has 1 unspecified atom stereocenters. The van der Waals surface area contributed by atoms with Crippen LogP contribution in [-0.4, -0.2) is 0 Å². The van der Waals surface area contributed by atoms with Crippen LogP contribution >= 0.6 is 43.5 Å². The van der Waals surface area contributed by atoms with E-state index in [-0.39, 0.29) is 6.04 Å². The largest absolute Gasteiger partial charge is 0.271 e. The molecule has 0 aromatic heterocycles. The van der Waals surface area contributed by atoms with Crippen molar-refractivity contribution in [3.05, 3.63) is 67.1 Å². The number of hydrogen-bond donors (Lipinski definition) is 2. The van der Waals surface area contributed by atoms with Crippen molar-refractivity contribution in [1.29, 1.82) is 0 Å². The summed E-state index contributed by atoms with van der Waals surface area (Å²) >= 11 is 13.2. The van der Waals surface area contributed by atoms with E-state index < -0.39 is 0 Å². The van der Waals surface area contributed by atoms with Crippen molar-refractivity contribution in [2.45, 2.75) is 13.0 Å². The zero-order chi connectivity index (χ0) is 14.0. The Bertz CT molecular complexity index is 602. The Morgan fingerprint density at radius 2 is 1.89 bits per heavy atom. The first kappa shape index (κ1) is 15.0. The lowest BCUT2D eigenvalue weighted by Gasteiger charge is -2.19. The summed E-state index contributed by atoms with van der Waals surface area (Å²) in [6.45, 7) is 1.98. The van der Waals surface area contributed by atoms with Crippen molar-refractivity contribution in [2.24, 2.45) is 5.84 Å². The van der Waals surface area contributed by atoms with Crippen LogP contribution in [-0.2, 0) is 0 Å². The summed E-state index contributed by atoms with van der Waals surface area (Å²) in [6.07, 6.45) is 0. The molecule has 5 heteroatoms. The van der Waals surface area contributed by atoms with Gasteiger partial charge in [-0.15, -0.1) is 0 Å². The third kappa shape index (κ3) is 3.38. The molecule has 19 heavy (non-hydrogen) atoms. The van der Waals surface area contributed by atoms with Crippen LogP contribution in [0.15, 0.2) is 45.3 Å². The predicted molar refractivity (Wildman–Crippen MR) is 87.2 cm³/mol. The standard InChI is InChI=1S/C14H13Br2ClN2/c1-8-2-3-9(6-13(8)17)14(19-18)11-5-4-10(15)7-12(11)16/h2-7,14,19H,18H2,1H3. The lowest BCUT2D eigenvalue weighted by Crippen LogP contribution is -2.29. The highest BCUT2D eigenvalue weighted by molar-refractivity contribution is 9.11. The monoisotopic (exact) mass is 402 g/mol. The smallest absolute Gasteiger partial charge is 0.0721 e. The van der Waals surface area contributed by atoms with Gasteiger partial charge in [-0.1, -0.05) is 61.7 Å². The molecule has 100 valence electrons. The maximum atomic E-state index is 6.18. The number of nitrogens with two attached hydrogens (primary N) is 1. The summed E-state index contributed by atoms with van der Waals surface area (Å²) in [6, 6.07) is 11.9. The van der Waals surface area contributed by atoms with Gasteiger partial charge in [0.25, 0.3) is 0 Å². The van der Waals surface area contributed by atoms with E-state index in [1.807, 2.05) is 43.3 Å². The van der Waals surface area contributed by atoms with E-state index in [1.54, 1.807) is 0 Å². The highest BCUT2D eigenvalue weighted by atomic mass is 79.9. The second-order valence-electron chi connectivity index (χ2n) is 4.27. The summed E-state index contributed by atoms with van der Waals surface area (Å²) in [7, 11) is 0. The third-order valence-corrected chi connectivity index (χ3v) is 4.56. The molecule has 0 spiro atoms. The Hall–Kier alpha value is -0.390. The normalized spacial score (nSPS) is 12.5. The number of halogens is 3. The van der Waals surface area contributed by atoms with E-state index in [1.165, 1.54) is 0 Å². The topological polar surface area (TPSA) is 38.0 Å². The Morgan fingerprint density at radius 1 is 1.16 bits per heavy atom. The minimum absolute atomic E-state index is 0.111. The molecule has 3 N–H and O–H groups in total. The first-order chi connectivity index (χ1) is 9.02. The Labute approximate surface area is 134 Å². The van der Waals surface area contributed by atoms with E-state index in [4.69, 9.17) is 17.4 Å². The van der Waals surface area contributed by atoms with Gasteiger partial charge in [-0.3, -0.25) is 5.84 Å². The number of hydrazine groups is 1. The highest BCUT2D eigenvalue weighted by Gasteiger charge is 2.16. The summed E-state index contributed by atoms with van der Waals surface area (Å²) in [5, 5.41) is 0.742. The van der Waals surface area contributed by atoms with Crippen molar-refractivity contribution in [3.63, 3.8) is 0 Å². The van der Waals surface area contributed by atoms with E-state index >= 15 is 0 Å². The van der Waals surface area contributed by atoms with Gasteiger partial charge in [-0.05, 0) is 41.8 Å². The first-order valence-corrected chi connectivity index (χ1v) is 7.66. The second-order valence-corrected chi connectivity index (χ2v) is 6.45. The fraction of sp³-hybridized carbons (Fsp3) is 0.143. The van der Waals surface area contributed by atoms with Crippen LogP contribution in [0.4, 0.5) is 0 Å². The number of hydrogen-bond acceptors (Lipinski definition) is 2. The number of aryl methyl sites for hydroxylation is 1. The SMILES string of the molecule is Cc1ccc(C(NN)c2ccc(Br)cc2Br)cc1Cl. The van der Waals surface area contributed by atoms with Gasteiger partial charge in [0.15, 0.2) is 0 Å². The Morgan fingerprint density at radius 3 is 2.47 bits per heavy atom. The van der Waals surface area contributed by atoms with Crippen LogP contribution < -0.4 is 11.3 Å². The van der Waals surface area contributed by atoms with Gasteiger partial charge in [0, 0.05) is 14.0 Å². The van der Waals surface area contributed by atoms with Crippen LogP contribution in [0.25, 0.3) is 0 Å². The molecule has 2 rings (SSSR count). The highest BCUT2D eigenvalue weighted by Crippen LogP contribution is 2.32. The maximum absolute atomic E-state index is 6.18. The number of benzene rings is 2. The molecule has 0 saturated heterocycles. The van der Waals surface area contributed by atoms with Gasteiger partial charge in [-0.2, -0.15) is 0 Å². The fourth-order valence-corrected chi connectivity index (χ4v) is 3.35. The zero-order valence-corrected chi connectivity index (χ0v) is 14.2. The molecule has 2 aromatic carbocycles. The lowest BCUT2D eigenvalue weighted by atomic mass is 9.98. The van der Waals surface area contributed by atoms with Gasteiger partial charge in [-0.25, -0.2) is 5.43 Å². The molecule has 0 aliphatic rings. The molecular weight excluding hydrogens is 391 g/mol. The van der Waals surface area contributed by atoms with Gasteiger partial charge < -0.3 is 0 Å². The molecule has 1 atom stereocenters. The van der Waals surface area contributed by atoms with Crippen molar-refractivity contribution in [3.8, 4) is 0 Å². The quantitative estimate of drug-likeness (QED) is 0.574. The minimum Gasteiger partial charge on any atom is -0.271 e. The summed E-state index contributed by atoms with van der Waals surface area (Å²) in [4.78, 5) is 0. The van der Waals surface area contributed by atoms with Gasteiger partial charge >= 0.3 is 0 Å². The van der Waals surface area contributed by atoms with Crippen LogP contribution in [0, 0.1) is 6.92 Å². The average Bonchev–Trinajstić information content (AvgIpc) is 2.37. The van der Waals surface area contributed by atoms with Gasteiger partial charge in [0.2, 0.25) is 0 Å². The minimum atomic E-state index is -0.111. The predicted octanol–water partition coefficient (Wildman–Crippen LogP) is 4.73. The molecule has 0 bridgehead atoms. The van der Waals surface area contributed by atoms with E-state index in [0.29, 0.717) is 0 Å². The molecule has 0 fully saturated rings. The van der Waals surface area contributed by atoms with Crippen molar-refractivity contribution in [2.75, 3.05) is 0 Å². The Balaban J connectivity index is 2.46. The molecule has 0 aliphatic heterocycles. The van der Waals surface area contributed by atoms with Crippen molar-refractivity contribution in [1.82, 2.24) is 5.43 Å². The van der Waals surface area contributed by atoms with E-state index in [9.17, 15) is 0 Å². The average molecular weight is 405 g/mol. The van der Waals surface area contributed by atoms with Crippen LogP contribution in [0.5, 0.6) is 0 Å². The third-order valence-electron chi connectivity index (χ3n) is 2.97. The Kier molecular flexibility index (Phi) is 5.03. The molecule has 0 amide bonds. The first-order valence-electron chi connectivity index (χ1n) is 5.70. The van der Waals surface area contributed by atoms with Crippen LogP contribution in [0.2, 0.25) is 5.02 Å². The summed E-state index contributed by atoms with van der Waals surface area (Å²) < 4.78 is 2.00. The van der Waals surface area contributed by atoms with E-state index in [2.05, 4.69) is 37.3 Å². The number of nitrogens with one attached hydrogen (secondary N) is 1. The zero-order valence-electron chi connectivity index (χ0n) is 10.3. The molecule has 2 nitrogen and oxygen atoms in total. The molecule has 0 heterocycles. The molecule has 0 aliphatic carbocycles. The second kappa shape index (κ2) is 6.37. The van der Waals surface area contributed by atoms with Crippen LogP contribution in [0.1, 0.15) is 22.7 Å². The van der Waals surface area contributed by atoms with Gasteiger partial charge in [0.05, 0.1) is 6.04 Å². The summed E-state index contributed by atoms with van der Waals surface area (Å²) in [5.41, 5.74) is 5.98. The van der Waals surface area contributed by atoms with Crippen molar-refractivity contribution >= 4 is 43.5 Å². The van der Waals surface area contributed by atoms with Crippen LogP contribution in [0.3, 0.4) is 0 Å². The summed E-state index contributed by atoms with van der Waals surface area (Å²) in [5.74, 6) is 5.71. The van der Waals surface area contributed by atoms with Gasteiger partial charge in [0.1, 0.15) is 0 Å². The number of rotatable bonds is 3. The van der Waals surface area contributed by atoms with Crippen molar-refractivity contribution < 1.29 is 0 Å². The van der Waals surface area contributed by atoms with E-state index in [0.717, 1.165) is 30.7 Å². The maximum Gasteiger partial charge on any atom is 0.0721 e.